The summed E-state index contributed by atoms with van der Waals surface area (Å²) in [7, 11) is 1.37. The van der Waals surface area contributed by atoms with Gasteiger partial charge in [0.1, 0.15) is 5.82 Å². The van der Waals surface area contributed by atoms with Crippen molar-refractivity contribution < 1.29 is 9.53 Å². The van der Waals surface area contributed by atoms with E-state index < -0.39 is 0 Å². The van der Waals surface area contributed by atoms with E-state index in [1.807, 2.05) is 36.5 Å². The van der Waals surface area contributed by atoms with Crippen molar-refractivity contribution in [3.63, 3.8) is 0 Å². The van der Waals surface area contributed by atoms with Crippen molar-refractivity contribution >= 4 is 17.0 Å². The molecule has 118 valence electrons. The second kappa shape index (κ2) is 5.66. The number of nitrogens with one attached hydrogen (secondary N) is 1. The second-order valence-electron chi connectivity index (χ2n) is 5.31. The number of hydrogen-bond acceptors (Lipinski definition) is 4. The van der Waals surface area contributed by atoms with Gasteiger partial charge in [-0.2, -0.15) is 5.10 Å². The molecule has 0 radical (unpaired) electrons. The normalized spacial score (nSPS) is 10.9. The maximum atomic E-state index is 11.6. The van der Waals surface area contributed by atoms with Crippen LogP contribution in [0.25, 0.3) is 28.1 Å². The molecule has 0 fully saturated rings. The molecule has 4 rings (SSSR count). The highest BCUT2D eigenvalue weighted by atomic mass is 16.5. The van der Waals surface area contributed by atoms with Crippen LogP contribution in [0.2, 0.25) is 0 Å². The number of esters is 1. The number of hydrogen-bond donors (Lipinski definition) is 1. The van der Waals surface area contributed by atoms with E-state index in [4.69, 9.17) is 4.74 Å². The van der Waals surface area contributed by atoms with Gasteiger partial charge in [0, 0.05) is 18.0 Å². The summed E-state index contributed by atoms with van der Waals surface area (Å²) in [5.41, 5.74) is 4.03. The van der Waals surface area contributed by atoms with Crippen LogP contribution < -0.4 is 0 Å². The van der Waals surface area contributed by atoms with E-state index in [2.05, 4.69) is 15.1 Å². The fraction of sp³-hybridized carbons (Fsp3) is 0.0556. The zero-order valence-electron chi connectivity index (χ0n) is 12.9. The first kappa shape index (κ1) is 14.2. The molecule has 0 amide bonds. The summed E-state index contributed by atoms with van der Waals surface area (Å²) in [6.07, 6.45) is 3.64. The Labute approximate surface area is 137 Å². The van der Waals surface area contributed by atoms with Crippen molar-refractivity contribution in [2.45, 2.75) is 0 Å². The maximum Gasteiger partial charge on any atom is 0.337 e. The zero-order chi connectivity index (χ0) is 16.5. The van der Waals surface area contributed by atoms with Gasteiger partial charge >= 0.3 is 5.97 Å². The van der Waals surface area contributed by atoms with Crippen molar-refractivity contribution in [2.75, 3.05) is 7.11 Å². The Morgan fingerprint density at radius 3 is 2.71 bits per heavy atom. The average molecular weight is 318 g/mol. The van der Waals surface area contributed by atoms with Gasteiger partial charge in [0.05, 0.1) is 29.4 Å². The summed E-state index contributed by atoms with van der Waals surface area (Å²) >= 11 is 0. The smallest absolute Gasteiger partial charge is 0.337 e. The van der Waals surface area contributed by atoms with E-state index in [0.29, 0.717) is 5.56 Å². The fourth-order valence-corrected chi connectivity index (χ4v) is 2.58. The predicted octanol–water partition coefficient (Wildman–Crippen LogP) is 3.20. The van der Waals surface area contributed by atoms with Gasteiger partial charge in [-0.3, -0.25) is 0 Å². The summed E-state index contributed by atoms with van der Waals surface area (Å²) in [4.78, 5) is 19.4. The third-order valence-electron chi connectivity index (χ3n) is 3.81. The summed E-state index contributed by atoms with van der Waals surface area (Å²) in [5, 5.41) is 4.21. The van der Waals surface area contributed by atoms with E-state index >= 15 is 0 Å². The number of benzene rings is 2. The van der Waals surface area contributed by atoms with Crippen LogP contribution >= 0.6 is 0 Å². The van der Waals surface area contributed by atoms with Crippen LogP contribution in [0.4, 0.5) is 0 Å². The molecule has 0 unspecified atom stereocenters. The van der Waals surface area contributed by atoms with Crippen molar-refractivity contribution in [1.29, 1.82) is 0 Å². The van der Waals surface area contributed by atoms with Gasteiger partial charge in [-0.1, -0.05) is 0 Å². The monoisotopic (exact) mass is 318 g/mol. The van der Waals surface area contributed by atoms with Crippen LogP contribution in [0.3, 0.4) is 0 Å². The quantitative estimate of drug-likeness (QED) is 0.589. The van der Waals surface area contributed by atoms with E-state index in [1.165, 1.54) is 7.11 Å². The number of carbonyl (C=O) groups is 1. The molecule has 0 aliphatic carbocycles. The van der Waals surface area contributed by atoms with E-state index in [1.54, 1.807) is 29.1 Å². The lowest BCUT2D eigenvalue weighted by molar-refractivity contribution is 0.0601. The lowest BCUT2D eigenvalue weighted by atomic mass is 10.2. The molecule has 0 spiro atoms. The highest BCUT2D eigenvalue weighted by molar-refractivity contribution is 5.94. The molecule has 0 aliphatic heterocycles. The minimum absolute atomic E-state index is 0.364. The largest absolute Gasteiger partial charge is 0.465 e. The van der Waals surface area contributed by atoms with E-state index in [-0.39, 0.29) is 5.97 Å². The van der Waals surface area contributed by atoms with Gasteiger partial charge in [0.15, 0.2) is 0 Å². The Bertz CT molecular complexity index is 1000. The molecule has 2 aromatic heterocycles. The summed E-state index contributed by atoms with van der Waals surface area (Å²) < 4.78 is 6.54. The Hall–Kier alpha value is -3.41. The lowest BCUT2D eigenvalue weighted by Crippen LogP contribution is -2.00. The standard InChI is InChI=1S/C18H14N4O2/c1-24-18(23)13-5-8-15-16(11-13)21-17(20-15)12-3-6-14(7-4-12)22-10-2-9-19-22/h2-11H,1H3,(H,20,21). The minimum Gasteiger partial charge on any atom is -0.465 e. The van der Waals surface area contributed by atoms with Crippen molar-refractivity contribution in [2.24, 2.45) is 0 Å². The second-order valence-corrected chi connectivity index (χ2v) is 5.31. The summed E-state index contributed by atoms with van der Waals surface area (Å²) in [5.74, 6) is 0.385. The highest BCUT2D eigenvalue weighted by Gasteiger charge is 2.10. The zero-order valence-corrected chi connectivity index (χ0v) is 12.9. The maximum absolute atomic E-state index is 11.6. The average Bonchev–Trinajstić information content (AvgIpc) is 3.30. The molecule has 6 nitrogen and oxygen atoms in total. The molecule has 6 heteroatoms. The molecule has 0 bridgehead atoms. The first-order chi connectivity index (χ1) is 11.7. The molecular formula is C18H14N4O2. The van der Waals surface area contributed by atoms with Crippen LogP contribution in [0.5, 0.6) is 0 Å². The molecule has 0 saturated carbocycles. The number of aromatic nitrogens is 4. The van der Waals surface area contributed by atoms with Gasteiger partial charge in [-0.05, 0) is 48.5 Å². The van der Waals surface area contributed by atoms with E-state index in [0.717, 1.165) is 28.1 Å². The van der Waals surface area contributed by atoms with Crippen LogP contribution in [-0.2, 0) is 4.74 Å². The van der Waals surface area contributed by atoms with Crippen molar-refractivity contribution in [3.8, 4) is 17.1 Å². The van der Waals surface area contributed by atoms with Gasteiger partial charge in [-0.15, -0.1) is 0 Å². The third kappa shape index (κ3) is 2.44. The lowest BCUT2D eigenvalue weighted by Gasteiger charge is -2.02. The third-order valence-corrected chi connectivity index (χ3v) is 3.81. The summed E-state index contributed by atoms with van der Waals surface area (Å²) in [6, 6.07) is 15.1. The van der Waals surface area contributed by atoms with Crippen molar-refractivity contribution in [3.05, 3.63) is 66.5 Å². The Morgan fingerprint density at radius 1 is 1.17 bits per heavy atom. The SMILES string of the molecule is COC(=O)c1ccc2nc(-c3ccc(-n4cccn4)cc3)[nH]c2c1. The Balaban J connectivity index is 1.70. The van der Waals surface area contributed by atoms with Crippen molar-refractivity contribution in [1.82, 2.24) is 19.7 Å². The molecule has 0 atom stereocenters. The first-order valence-electron chi connectivity index (χ1n) is 7.43. The number of methoxy groups -OCH3 is 1. The first-order valence-corrected chi connectivity index (χ1v) is 7.43. The number of nitrogens with zero attached hydrogens (tertiary/aromatic N) is 3. The topological polar surface area (TPSA) is 72.8 Å². The molecule has 4 aromatic rings. The molecule has 1 N–H and O–H groups in total. The van der Waals surface area contributed by atoms with Crippen LogP contribution in [-0.4, -0.2) is 32.8 Å². The van der Waals surface area contributed by atoms with Crippen LogP contribution in [0.15, 0.2) is 60.9 Å². The van der Waals surface area contributed by atoms with Gasteiger partial charge in [0.25, 0.3) is 0 Å². The Morgan fingerprint density at radius 2 is 2.00 bits per heavy atom. The fourth-order valence-electron chi connectivity index (χ4n) is 2.58. The summed E-state index contributed by atoms with van der Waals surface area (Å²) in [6.45, 7) is 0. The Kier molecular flexibility index (Phi) is 3.35. The van der Waals surface area contributed by atoms with Crippen LogP contribution in [0.1, 0.15) is 10.4 Å². The minimum atomic E-state index is -0.364. The highest BCUT2D eigenvalue weighted by Crippen LogP contribution is 2.22. The number of rotatable bonds is 3. The molecule has 0 saturated heterocycles. The number of imidazole rings is 1. The van der Waals surface area contributed by atoms with E-state index in [9.17, 15) is 4.79 Å². The number of aromatic amines is 1. The molecule has 2 heterocycles. The van der Waals surface area contributed by atoms with Gasteiger partial charge in [-0.25, -0.2) is 14.5 Å². The molecule has 2 aromatic carbocycles. The molecule has 0 aliphatic rings. The van der Waals surface area contributed by atoms with Gasteiger partial charge < -0.3 is 9.72 Å². The number of ether oxygens (including phenoxy) is 1. The number of fused-ring (bicyclic) bond motifs is 1. The number of carbonyl (C=O) groups excluding carboxylic acids is 1. The number of H-pyrrole nitrogens is 1. The van der Waals surface area contributed by atoms with Crippen LogP contribution in [0, 0.1) is 0 Å². The predicted molar refractivity (Wildman–Crippen MR) is 90.0 cm³/mol. The van der Waals surface area contributed by atoms with Gasteiger partial charge in [0.2, 0.25) is 0 Å². The molecule has 24 heavy (non-hydrogen) atoms. The molecular weight excluding hydrogens is 304 g/mol.